The Morgan fingerprint density at radius 3 is 2.35 bits per heavy atom. The van der Waals surface area contributed by atoms with Gasteiger partial charge in [0.05, 0.1) is 4.88 Å². The van der Waals surface area contributed by atoms with Crippen LogP contribution in [0.5, 0.6) is 0 Å². The number of nitrogens with one attached hydrogen (secondary N) is 1. The molecule has 0 aliphatic heterocycles. The van der Waals surface area contributed by atoms with Gasteiger partial charge in [0.1, 0.15) is 0 Å². The maximum atomic E-state index is 12.1. The van der Waals surface area contributed by atoms with E-state index in [2.05, 4.69) is 5.32 Å². The SMILES string of the molecule is Cc1cc(C(=O)NC(C(=O)O)c2ccccc2)sc1C. The van der Waals surface area contributed by atoms with E-state index >= 15 is 0 Å². The van der Waals surface area contributed by atoms with E-state index in [4.69, 9.17) is 0 Å². The van der Waals surface area contributed by atoms with E-state index < -0.39 is 12.0 Å². The monoisotopic (exact) mass is 289 g/mol. The summed E-state index contributed by atoms with van der Waals surface area (Å²) in [6.07, 6.45) is 0. The molecule has 1 amide bonds. The van der Waals surface area contributed by atoms with Crippen LogP contribution in [0.15, 0.2) is 36.4 Å². The molecule has 104 valence electrons. The van der Waals surface area contributed by atoms with Crippen LogP contribution in [-0.4, -0.2) is 17.0 Å². The second-order valence-electron chi connectivity index (χ2n) is 4.51. The zero-order valence-electron chi connectivity index (χ0n) is 11.2. The number of amides is 1. The van der Waals surface area contributed by atoms with Crippen molar-refractivity contribution in [3.05, 3.63) is 57.3 Å². The molecule has 5 heteroatoms. The summed E-state index contributed by atoms with van der Waals surface area (Å²) >= 11 is 1.37. The molecule has 1 unspecified atom stereocenters. The third kappa shape index (κ3) is 3.05. The molecule has 4 nitrogen and oxygen atoms in total. The standard InChI is InChI=1S/C15H15NO3S/c1-9-8-12(20-10(9)2)14(17)16-13(15(18)19)11-6-4-3-5-7-11/h3-8,13H,1-2H3,(H,16,17)(H,18,19). The highest BCUT2D eigenvalue weighted by atomic mass is 32.1. The summed E-state index contributed by atoms with van der Waals surface area (Å²) < 4.78 is 0. The number of carbonyl (C=O) groups excluding carboxylic acids is 1. The Kier molecular flexibility index (Phi) is 4.20. The molecule has 1 aromatic carbocycles. The zero-order chi connectivity index (χ0) is 14.7. The number of rotatable bonds is 4. The molecule has 0 radical (unpaired) electrons. The fraction of sp³-hybridized carbons (Fsp3) is 0.200. The van der Waals surface area contributed by atoms with Crippen molar-refractivity contribution < 1.29 is 14.7 Å². The van der Waals surface area contributed by atoms with Crippen LogP contribution in [0.4, 0.5) is 0 Å². The number of aryl methyl sites for hydroxylation is 2. The van der Waals surface area contributed by atoms with E-state index in [0.717, 1.165) is 10.4 Å². The topological polar surface area (TPSA) is 66.4 Å². The van der Waals surface area contributed by atoms with E-state index in [1.54, 1.807) is 36.4 Å². The fourth-order valence-corrected chi connectivity index (χ4v) is 2.76. The second-order valence-corrected chi connectivity index (χ2v) is 5.76. The van der Waals surface area contributed by atoms with Crippen LogP contribution in [0.1, 0.15) is 31.7 Å². The molecule has 0 saturated carbocycles. The van der Waals surface area contributed by atoms with Crippen LogP contribution < -0.4 is 5.32 Å². The van der Waals surface area contributed by atoms with Crippen LogP contribution in [0, 0.1) is 13.8 Å². The van der Waals surface area contributed by atoms with Crippen LogP contribution in [0.2, 0.25) is 0 Å². The van der Waals surface area contributed by atoms with E-state index in [9.17, 15) is 14.7 Å². The molecular formula is C15H15NO3S. The second kappa shape index (κ2) is 5.88. The van der Waals surface area contributed by atoms with Gasteiger partial charge in [-0.2, -0.15) is 0 Å². The van der Waals surface area contributed by atoms with Crippen molar-refractivity contribution in [2.45, 2.75) is 19.9 Å². The zero-order valence-corrected chi connectivity index (χ0v) is 12.0. The van der Waals surface area contributed by atoms with Gasteiger partial charge in [0.25, 0.3) is 5.91 Å². The van der Waals surface area contributed by atoms with Crippen LogP contribution in [0.3, 0.4) is 0 Å². The Bertz CT molecular complexity index is 614. The average Bonchev–Trinajstić information content (AvgIpc) is 2.76. The Morgan fingerprint density at radius 1 is 1.20 bits per heavy atom. The molecule has 1 heterocycles. The fourth-order valence-electron chi connectivity index (χ4n) is 1.82. The lowest BCUT2D eigenvalue weighted by atomic mass is 10.1. The normalized spacial score (nSPS) is 11.9. The summed E-state index contributed by atoms with van der Waals surface area (Å²) in [5, 5.41) is 11.8. The largest absolute Gasteiger partial charge is 0.479 e. The van der Waals surface area contributed by atoms with Gasteiger partial charge < -0.3 is 10.4 Å². The van der Waals surface area contributed by atoms with Crippen molar-refractivity contribution in [2.24, 2.45) is 0 Å². The first-order valence-corrected chi connectivity index (χ1v) is 6.96. The van der Waals surface area contributed by atoms with Gasteiger partial charge in [-0.1, -0.05) is 30.3 Å². The van der Waals surface area contributed by atoms with E-state index in [-0.39, 0.29) is 5.91 Å². The first-order valence-electron chi connectivity index (χ1n) is 6.14. The van der Waals surface area contributed by atoms with Crippen molar-refractivity contribution >= 4 is 23.2 Å². The molecule has 0 spiro atoms. The molecular weight excluding hydrogens is 274 g/mol. The lowest BCUT2D eigenvalue weighted by Gasteiger charge is -2.14. The molecule has 1 aromatic heterocycles. The molecule has 1 atom stereocenters. The van der Waals surface area contributed by atoms with Gasteiger partial charge in [-0.05, 0) is 31.0 Å². The molecule has 0 bridgehead atoms. The Labute approximate surface area is 121 Å². The minimum Gasteiger partial charge on any atom is -0.479 e. The average molecular weight is 289 g/mol. The number of hydrogen-bond acceptors (Lipinski definition) is 3. The Hall–Kier alpha value is -2.14. The molecule has 0 aliphatic carbocycles. The maximum absolute atomic E-state index is 12.1. The summed E-state index contributed by atoms with van der Waals surface area (Å²) in [5.41, 5.74) is 1.59. The molecule has 20 heavy (non-hydrogen) atoms. The smallest absolute Gasteiger partial charge is 0.330 e. The predicted molar refractivity (Wildman–Crippen MR) is 78.1 cm³/mol. The highest BCUT2D eigenvalue weighted by Crippen LogP contribution is 2.22. The summed E-state index contributed by atoms with van der Waals surface area (Å²) in [7, 11) is 0. The molecule has 0 aliphatic rings. The summed E-state index contributed by atoms with van der Waals surface area (Å²) in [6, 6.07) is 9.41. The molecule has 0 fully saturated rings. The van der Waals surface area contributed by atoms with Gasteiger partial charge in [-0.3, -0.25) is 4.79 Å². The van der Waals surface area contributed by atoms with Crippen molar-refractivity contribution in [1.82, 2.24) is 5.32 Å². The van der Waals surface area contributed by atoms with E-state index in [1.807, 2.05) is 13.8 Å². The molecule has 2 N–H and O–H groups in total. The molecule has 2 aromatic rings. The van der Waals surface area contributed by atoms with Gasteiger partial charge in [0.15, 0.2) is 6.04 Å². The van der Waals surface area contributed by atoms with Gasteiger partial charge >= 0.3 is 5.97 Å². The quantitative estimate of drug-likeness (QED) is 0.909. The first kappa shape index (κ1) is 14.3. The number of thiophene rings is 1. The minimum absolute atomic E-state index is 0.359. The van der Waals surface area contributed by atoms with Crippen LogP contribution in [-0.2, 0) is 4.79 Å². The van der Waals surface area contributed by atoms with Crippen LogP contribution in [0.25, 0.3) is 0 Å². The van der Waals surface area contributed by atoms with E-state index in [0.29, 0.717) is 10.4 Å². The van der Waals surface area contributed by atoms with Gasteiger partial charge in [0.2, 0.25) is 0 Å². The number of carboxylic acid groups (broad SMARTS) is 1. The number of hydrogen-bond donors (Lipinski definition) is 2. The van der Waals surface area contributed by atoms with Gasteiger partial charge in [-0.25, -0.2) is 4.79 Å². The summed E-state index contributed by atoms with van der Waals surface area (Å²) in [4.78, 5) is 25.0. The summed E-state index contributed by atoms with van der Waals surface area (Å²) in [6.45, 7) is 3.86. The van der Waals surface area contributed by atoms with Crippen molar-refractivity contribution in [3.8, 4) is 0 Å². The predicted octanol–water partition coefficient (Wildman–Crippen LogP) is 2.92. The lowest BCUT2D eigenvalue weighted by Crippen LogP contribution is -2.33. The Morgan fingerprint density at radius 2 is 1.85 bits per heavy atom. The van der Waals surface area contributed by atoms with Gasteiger partial charge in [0, 0.05) is 4.88 Å². The number of aliphatic carboxylic acids is 1. The van der Waals surface area contributed by atoms with Crippen molar-refractivity contribution in [2.75, 3.05) is 0 Å². The molecule has 0 saturated heterocycles. The number of carbonyl (C=O) groups is 2. The maximum Gasteiger partial charge on any atom is 0.330 e. The summed E-state index contributed by atoms with van der Waals surface area (Å²) in [5.74, 6) is -1.43. The van der Waals surface area contributed by atoms with Crippen molar-refractivity contribution in [3.63, 3.8) is 0 Å². The first-order chi connectivity index (χ1) is 9.49. The third-order valence-corrected chi connectivity index (χ3v) is 4.20. The van der Waals surface area contributed by atoms with E-state index in [1.165, 1.54) is 11.3 Å². The van der Waals surface area contributed by atoms with Crippen LogP contribution >= 0.6 is 11.3 Å². The highest BCUT2D eigenvalue weighted by Gasteiger charge is 2.23. The number of carboxylic acids is 1. The molecule has 2 rings (SSSR count). The minimum atomic E-state index is -1.07. The van der Waals surface area contributed by atoms with Crippen molar-refractivity contribution in [1.29, 1.82) is 0 Å². The lowest BCUT2D eigenvalue weighted by molar-refractivity contribution is -0.139. The number of benzene rings is 1. The third-order valence-electron chi connectivity index (χ3n) is 3.05. The van der Waals surface area contributed by atoms with Gasteiger partial charge in [-0.15, -0.1) is 11.3 Å². The Balaban J connectivity index is 2.21. The highest BCUT2D eigenvalue weighted by molar-refractivity contribution is 7.14.